The maximum absolute atomic E-state index is 12.6. The Labute approximate surface area is 127 Å². The predicted octanol–water partition coefficient (Wildman–Crippen LogP) is 4.04. The van der Waals surface area contributed by atoms with Gasteiger partial charge in [0.25, 0.3) is 0 Å². The van der Waals surface area contributed by atoms with Gasteiger partial charge in [-0.1, -0.05) is 42.5 Å². The lowest BCUT2D eigenvalue weighted by Gasteiger charge is -2.09. The fourth-order valence-electron chi connectivity index (χ4n) is 2.39. The van der Waals surface area contributed by atoms with Crippen LogP contribution in [0.2, 0.25) is 0 Å². The molecule has 0 aliphatic rings. The van der Waals surface area contributed by atoms with Crippen molar-refractivity contribution >= 4 is 27.3 Å². The summed E-state index contributed by atoms with van der Waals surface area (Å²) < 4.78 is 12.6. The summed E-state index contributed by atoms with van der Waals surface area (Å²) in [4.78, 5) is 0.857. The molecule has 106 valence electrons. The summed E-state index contributed by atoms with van der Waals surface area (Å²) in [5.41, 5.74) is 8.73. The minimum Gasteiger partial charge on any atom is -0.399 e. The average Bonchev–Trinajstić information content (AvgIpc) is 2.51. The maximum Gasteiger partial charge on any atom is 0.0574 e. The van der Waals surface area contributed by atoms with Crippen molar-refractivity contribution in [3.63, 3.8) is 0 Å². The van der Waals surface area contributed by atoms with Crippen LogP contribution < -0.4 is 5.73 Å². The third-order valence-corrected chi connectivity index (χ3v) is 5.11. The molecule has 0 spiro atoms. The smallest absolute Gasteiger partial charge is 0.0574 e. The Kier molecular flexibility index (Phi) is 3.76. The zero-order chi connectivity index (χ0) is 14.8. The first-order valence-corrected chi connectivity index (χ1v) is 8.18. The van der Waals surface area contributed by atoms with E-state index in [1.165, 1.54) is 5.39 Å². The molecule has 3 aromatic rings. The van der Waals surface area contributed by atoms with E-state index in [2.05, 4.69) is 6.07 Å². The van der Waals surface area contributed by atoms with Crippen LogP contribution in [0, 0.1) is 6.92 Å². The molecule has 0 aliphatic carbocycles. The SMILES string of the molecule is Cc1c(N)cccc1CS(=O)c1ccc2ccccc2c1. The van der Waals surface area contributed by atoms with Gasteiger partial charge in [0, 0.05) is 10.6 Å². The van der Waals surface area contributed by atoms with E-state index in [9.17, 15) is 4.21 Å². The lowest BCUT2D eigenvalue weighted by Crippen LogP contribution is -2.01. The highest BCUT2D eigenvalue weighted by Crippen LogP contribution is 2.22. The zero-order valence-electron chi connectivity index (χ0n) is 11.9. The van der Waals surface area contributed by atoms with Gasteiger partial charge in [0.05, 0.1) is 16.6 Å². The molecular formula is C18H17NOS. The Morgan fingerprint density at radius 2 is 1.71 bits per heavy atom. The standard InChI is InChI=1S/C18H17NOS/c1-13-16(7-4-8-18(13)19)12-21(20)17-10-9-14-5-2-3-6-15(14)11-17/h2-11H,12,19H2,1H3. The summed E-state index contributed by atoms with van der Waals surface area (Å²) in [6.07, 6.45) is 0. The molecule has 21 heavy (non-hydrogen) atoms. The molecule has 3 aromatic carbocycles. The summed E-state index contributed by atoms with van der Waals surface area (Å²) in [6.45, 7) is 1.97. The quantitative estimate of drug-likeness (QED) is 0.741. The molecule has 0 radical (unpaired) electrons. The molecule has 2 nitrogen and oxygen atoms in total. The van der Waals surface area contributed by atoms with Crippen molar-refractivity contribution < 1.29 is 4.21 Å². The number of nitrogen functional groups attached to an aromatic ring is 1. The van der Waals surface area contributed by atoms with E-state index in [0.29, 0.717) is 5.75 Å². The number of hydrogen-bond acceptors (Lipinski definition) is 2. The van der Waals surface area contributed by atoms with Gasteiger partial charge >= 0.3 is 0 Å². The minimum absolute atomic E-state index is 0.495. The lowest BCUT2D eigenvalue weighted by atomic mass is 10.1. The number of hydrogen-bond donors (Lipinski definition) is 1. The second-order valence-corrected chi connectivity index (χ2v) is 6.58. The van der Waals surface area contributed by atoms with Crippen molar-refractivity contribution in [2.75, 3.05) is 5.73 Å². The lowest BCUT2D eigenvalue weighted by molar-refractivity contribution is 0.682. The van der Waals surface area contributed by atoms with Crippen LogP contribution >= 0.6 is 0 Å². The van der Waals surface area contributed by atoms with Gasteiger partial charge in [-0.2, -0.15) is 0 Å². The highest BCUT2D eigenvalue weighted by Gasteiger charge is 2.09. The van der Waals surface area contributed by atoms with Gasteiger partial charge in [-0.05, 0) is 47.0 Å². The molecule has 3 heteroatoms. The molecule has 0 aromatic heterocycles. The molecule has 0 aliphatic heterocycles. The van der Waals surface area contributed by atoms with Crippen molar-refractivity contribution in [2.24, 2.45) is 0 Å². The molecule has 0 fully saturated rings. The number of anilines is 1. The van der Waals surface area contributed by atoms with Gasteiger partial charge in [-0.25, -0.2) is 0 Å². The number of benzene rings is 3. The largest absolute Gasteiger partial charge is 0.399 e. The Bertz CT molecular complexity index is 826. The molecule has 1 unspecified atom stereocenters. The molecule has 0 amide bonds. The second-order valence-electron chi connectivity index (χ2n) is 5.13. The molecule has 0 saturated heterocycles. The van der Waals surface area contributed by atoms with Crippen LogP contribution in [0.4, 0.5) is 5.69 Å². The Balaban J connectivity index is 1.91. The molecule has 1 atom stereocenters. The molecule has 3 rings (SSSR count). The number of rotatable bonds is 3. The Morgan fingerprint density at radius 3 is 2.52 bits per heavy atom. The van der Waals surface area contributed by atoms with Crippen LogP contribution in [0.3, 0.4) is 0 Å². The van der Waals surface area contributed by atoms with E-state index in [0.717, 1.165) is 27.1 Å². The molecule has 0 bridgehead atoms. The molecular weight excluding hydrogens is 278 g/mol. The Hall–Kier alpha value is -2.13. The van der Waals surface area contributed by atoms with Crippen LogP contribution in [0.15, 0.2) is 65.6 Å². The fraction of sp³-hybridized carbons (Fsp3) is 0.111. The van der Waals surface area contributed by atoms with Gasteiger partial charge in [-0.15, -0.1) is 0 Å². The number of nitrogens with two attached hydrogens (primary N) is 1. The van der Waals surface area contributed by atoms with Gasteiger partial charge in [0.1, 0.15) is 0 Å². The summed E-state index contributed by atoms with van der Waals surface area (Å²) in [6, 6.07) is 19.9. The van der Waals surface area contributed by atoms with Crippen molar-refractivity contribution in [3.8, 4) is 0 Å². The summed E-state index contributed by atoms with van der Waals surface area (Å²) in [7, 11) is -1.06. The highest BCUT2D eigenvalue weighted by atomic mass is 32.2. The third-order valence-electron chi connectivity index (χ3n) is 3.76. The monoisotopic (exact) mass is 295 g/mol. The maximum atomic E-state index is 12.6. The predicted molar refractivity (Wildman–Crippen MR) is 89.7 cm³/mol. The first-order chi connectivity index (χ1) is 10.1. The van der Waals surface area contributed by atoms with Crippen molar-refractivity contribution in [1.29, 1.82) is 0 Å². The van der Waals surface area contributed by atoms with E-state index < -0.39 is 10.8 Å². The molecule has 2 N–H and O–H groups in total. The van der Waals surface area contributed by atoms with Gasteiger partial charge < -0.3 is 5.73 Å². The first-order valence-electron chi connectivity index (χ1n) is 6.86. The summed E-state index contributed by atoms with van der Waals surface area (Å²) >= 11 is 0. The summed E-state index contributed by atoms with van der Waals surface area (Å²) in [5, 5.41) is 2.28. The van der Waals surface area contributed by atoms with Crippen LogP contribution in [0.5, 0.6) is 0 Å². The van der Waals surface area contributed by atoms with E-state index in [1.807, 2.05) is 61.5 Å². The van der Waals surface area contributed by atoms with Crippen LogP contribution in [-0.4, -0.2) is 4.21 Å². The van der Waals surface area contributed by atoms with E-state index in [4.69, 9.17) is 5.73 Å². The average molecular weight is 295 g/mol. The first kappa shape index (κ1) is 13.8. The summed E-state index contributed by atoms with van der Waals surface area (Å²) in [5.74, 6) is 0.495. The Morgan fingerprint density at radius 1 is 0.952 bits per heavy atom. The van der Waals surface area contributed by atoms with Crippen molar-refractivity contribution in [1.82, 2.24) is 0 Å². The van der Waals surface area contributed by atoms with E-state index in [1.54, 1.807) is 0 Å². The fourth-order valence-corrected chi connectivity index (χ4v) is 3.63. The van der Waals surface area contributed by atoms with Gasteiger partial charge in [-0.3, -0.25) is 4.21 Å². The topological polar surface area (TPSA) is 43.1 Å². The van der Waals surface area contributed by atoms with Crippen LogP contribution in [-0.2, 0) is 16.6 Å². The van der Waals surface area contributed by atoms with E-state index in [-0.39, 0.29) is 0 Å². The van der Waals surface area contributed by atoms with Gasteiger partial charge in [0.2, 0.25) is 0 Å². The third kappa shape index (κ3) is 2.83. The van der Waals surface area contributed by atoms with Crippen LogP contribution in [0.1, 0.15) is 11.1 Å². The normalized spacial score (nSPS) is 12.4. The minimum atomic E-state index is -1.06. The van der Waals surface area contributed by atoms with Crippen molar-refractivity contribution in [3.05, 3.63) is 71.8 Å². The van der Waals surface area contributed by atoms with Crippen molar-refractivity contribution in [2.45, 2.75) is 17.6 Å². The highest BCUT2D eigenvalue weighted by molar-refractivity contribution is 7.84. The van der Waals surface area contributed by atoms with Crippen LogP contribution in [0.25, 0.3) is 10.8 Å². The van der Waals surface area contributed by atoms with Gasteiger partial charge in [0.15, 0.2) is 0 Å². The molecule has 0 saturated carbocycles. The zero-order valence-corrected chi connectivity index (χ0v) is 12.7. The number of fused-ring (bicyclic) bond motifs is 1. The van der Waals surface area contributed by atoms with E-state index >= 15 is 0 Å². The molecule has 0 heterocycles. The second kappa shape index (κ2) is 5.70.